The molecular formula is C12H18BrN3O. The van der Waals surface area contributed by atoms with Crippen LogP contribution in [0.5, 0.6) is 0 Å². The molecule has 0 spiro atoms. The molecule has 2 rings (SSSR count). The molecule has 5 heteroatoms. The molecule has 0 unspecified atom stereocenters. The molecule has 0 amide bonds. The van der Waals surface area contributed by atoms with Gasteiger partial charge in [0, 0.05) is 43.4 Å². The van der Waals surface area contributed by atoms with Crippen LogP contribution in [-0.2, 0) is 0 Å². The molecule has 94 valence electrons. The monoisotopic (exact) mass is 299 g/mol. The lowest BCUT2D eigenvalue weighted by Crippen LogP contribution is -2.47. The van der Waals surface area contributed by atoms with Crippen LogP contribution in [0, 0.1) is 6.92 Å². The van der Waals surface area contributed by atoms with E-state index in [9.17, 15) is 0 Å². The van der Waals surface area contributed by atoms with Gasteiger partial charge >= 0.3 is 0 Å². The zero-order valence-corrected chi connectivity index (χ0v) is 11.7. The van der Waals surface area contributed by atoms with Crippen molar-refractivity contribution in [3.8, 4) is 0 Å². The lowest BCUT2D eigenvalue weighted by atomic mass is 10.2. The van der Waals surface area contributed by atoms with Crippen molar-refractivity contribution in [3.63, 3.8) is 0 Å². The first-order chi connectivity index (χ1) is 8.20. The van der Waals surface area contributed by atoms with Crippen LogP contribution >= 0.6 is 15.9 Å². The van der Waals surface area contributed by atoms with E-state index in [2.05, 4.69) is 43.7 Å². The average Bonchev–Trinajstić information content (AvgIpc) is 2.31. The maximum atomic E-state index is 8.90. The molecule has 1 aromatic rings. The predicted octanol–water partition coefficient (Wildman–Crippen LogP) is 1.27. The highest BCUT2D eigenvalue weighted by atomic mass is 79.9. The van der Waals surface area contributed by atoms with Crippen molar-refractivity contribution in [2.75, 3.05) is 44.2 Å². The predicted molar refractivity (Wildman–Crippen MR) is 72.4 cm³/mol. The van der Waals surface area contributed by atoms with Crippen molar-refractivity contribution in [2.24, 2.45) is 0 Å². The fourth-order valence-electron chi connectivity index (χ4n) is 2.19. The van der Waals surface area contributed by atoms with Gasteiger partial charge in [-0.3, -0.25) is 4.90 Å². The number of aryl methyl sites for hydroxylation is 1. The van der Waals surface area contributed by atoms with Gasteiger partial charge in [0.15, 0.2) is 0 Å². The van der Waals surface area contributed by atoms with E-state index in [1.807, 2.05) is 6.20 Å². The first kappa shape index (κ1) is 12.8. The van der Waals surface area contributed by atoms with Gasteiger partial charge in [0.2, 0.25) is 0 Å². The number of aliphatic hydroxyl groups is 1. The van der Waals surface area contributed by atoms with Crippen molar-refractivity contribution < 1.29 is 5.11 Å². The molecule has 1 aliphatic rings. The fraction of sp³-hybridized carbons (Fsp3) is 0.583. The topological polar surface area (TPSA) is 39.6 Å². The SMILES string of the molecule is Cc1cc(Br)cnc1N1CCN(CCO)CC1. The van der Waals surface area contributed by atoms with Gasteiger partial charge < -0.3 is 10.0 Å². The van der Waals surface area contributed by atoms with E-state index in [0.717, 1.165) is 43.0 Å². The molecule has 4 nitrogen and oxygen atoms in total. The lowest BCUT2D eigenvalue weighted by molar-refractivity contribution is 0.188. The molecule has 1 saturated heterocycles. The van der Waals surface area contributed by atoms with Crippen molar-refractivity contribution in [2.45, 2.75) is 6.92 Å². The minimum absolute atomic E-state index is 0.246. The fourth-order valence-corrected chi connectivity index (χ4v) is 2.63. The van der Waals surface area contributed by atoms with Gasteiger partial charge in [-0.1, -0.05) is 0 Å². The number of halogens is 1. The average molecular weight is 300 g/mol. The summed E-state index contributed by atoms with van der Waals surface area (Å²) < 4.78 is 1.03. The normalized spacial score (nSPS) is 17.5. The molecule has 1 aliphatic heterocycles. The van der Waals surface area contributed by atoms with Gasteiger partial charge in [-0.15, -0.1) is 0 Å². The van der Waals surface area contributed by atoms with Crippen LogP contribution in [0.15, 0.2) is 16.7 Å². The van der Waals surface area contributed by atoms with E-state index in [4.69, 9.17) is 5.11 Å². The molecule has 17 heavy (non-hydrogen) atoms. The van der Waals surface area contributed by atoms with E-state index in [1.54, 1.807) is 0 Å². The van der Waals surface area contributed by atoms with E-state index < -0.39 is 0 Å². The highest BCUT2D eigenvalue weighted by molar-refractivity contribution is 9.10. The third-order valence-electron chi connectivity index (χ3n) is 3.11. The summed E-state index contributed by atoms with van der Waals surface area (Å²) in [5.74, 6) is 1.08. The molecule has 1 aromatic heterocycles. The smallest absolute Gasteiger partial charge is 0.131 e. The van der Waals surface area contributed by atoms with Gasteiger partial charge in [0.1, 0.15) is 5.82 Å². The number of anilines is 1. The summed E-state index contributed by atoms with van der Waals surface area (Å²) in [4.78, 5) is 9.08. The van der Waals surface area contributed by atoms with E-state index in [0.29, 0.717) is 0 Å². The van der Waals surface area contributed by atoms with E-state index >= 15 is 0 Å². The van der Waals surface area contributed by atoms with Gasteiger partial charge in [0.25, 0.3) is 0 Å². The Hall–Kier alpha value is -0.650. The number of aliphatic hydroxyl groups excluding tert-OH is 1. The van der Waals surface area contributed by atoms with Crippen LogP contribution in [-0.4, -0.2) is 54.3 Å². The molecule has 0 atom stereocenters. The molecule has 1 N–H and O–H groups in total. The number of pyridine rings is 1. The first-order valence-corrected chi connectivity index (χ1v) is 6.70. The molecule has 0 saturated carbocycles. The van der Waals surface area contributed by atoms with E-state index in [1.165, 1.54) is 5.56 Å². The number of nitrogens with zero attached hydrogens (tertiary/aromatic N) is 3. The number of aromatic nitrogens is 1. The summed E-state index contributed by atoms with van der Waals surface area (Å²) >= 11 is 3.43. The Morgan fingerprint density at radius 3 is 2.65 bits per heavy atom. The van der Waals surface area contributed by atoms with Gasteiger partial charge in [-0.2, -0.15) is 0 Å². The van der Waals surface area contributed by atoms with Crippen LogP contribution in [0.1, 0.15) is 5.56 Å². The van der Waals surface area contributed by atoms with Crippen molar-refractivity contribution >= 4 is 21.7 Å². The summed E-state index contributed by atoms with van der Waals surface area (Å²) in [6.45, 7) is 7.07. The zero-order chi connectivity index (χ0) is 12.3. The molecule has 0 bridgehead atoms. The minimum Gasteiger partial charge on any atom is -0.395 e. The highest BCUT2D eigenvalue weighted by Crippen LogP contribution is 2.21. The maximum absolute atomic E-state index is 8.90. The third-order valence-corrected chi connectivity index (χ3v) is 3.54. The minimum atomic E-state index is 0.246. The highest BCUT2D eigenvalue weighted by Gasteiger charge is 2.18. The standard InChI is InChI=1S/C12H18BrN3O/c1-10-8-11(13)9-14-12(10)16-4-2-15(3-5-16)6-7-17/h8-9,17H,2-7H2,1H3. The Labute approximate surface area is 110 Å². The van der Waals surface area contributed by atoms with Crippen molar-refractivity contribution in [1.29, 1.82) is 0 Å². The van der Waals surface area contributed by atoms with Crippen LogP contribution in [0.2, 0.25) is 0 Å². The van der Waals surface area contributed by atoms with E-state index in [-0.39, 0.29) is 6.61 Å². The molecule has 0 aromatic carbocycles. The second-order valence-electron chi connectivity index (χ2n) is 4.35. The third kappa shape index (κ3) is 3.18. The summed E-state index contributed by atoms with van der Waals surface area (Å²) in [7, 11) is 0. The number of β-amino-alcohol motifs (C(OH)–C–C–N with tert-alkyl or cyclic N) is 1. The van der Waals surface area contributed by atoms with Crippen LogP contribution in [0.3, 0.4) is 0 Å². The quantitative estimate of drug-likeness (QED) is 0.912. The summed E-state index contributed by atoms with van der Waals surface area (Å²) in [5.41, 5.74) is 1.20. The Morgan fingerprint density at radius 2 is 2.06 bits per heavy atom. The molecular weight excluding hydrogens is 282 g/mol. The van der Waals surface area contributed by atoms with Gasteiger partial charge in [0.05, 0.1) is 6.61 Å². The lowest BCUT2D eigenvalue weighted by Gasteiger charge is -2.35. The second-order valence-corrected chi connectivity index (χ2v) is 5.26. The summed E-state index contributed by atoms with van der Waals surface area (Å²) in [5, 5.41) is 8.90. The van der Waals surface area contributed by atoms with Crippen LogP contribution in [0.25, 0.3) is 0 Å². The summed E-state index contributed by atoms with van der Waals surface area (Å²) in [6, 6.07) is 2.10. The number of piperazine rings is 1. The van der Waals surface area contributed by atoms with Crippen LogP contribution in [0.4, 0.5) is 5.82 Å². The van der Waals surface area contributed by atoms with Gasteiger partial charge in [-0.25, -0.2) is 4.98 Å². The Kier molecular flexibility index (Phi) is 4.36. The summed E-state index contributed by atoms with van der Waals surface area (Å²) in [6.07, 6.45) is 1.85. The molecule has 0 aliphatic carbocycles. The second kappa shape index (κ2) is 5.80. The number of rotatable bonds is 3. The van der Waals surface area contributed by atoms with Crippen molar-refractivity contribution in [3.05, 3.63) is 22.3 Å². The maximum Gasteiger partial charge on any atom is 0.131 e. The number of hydrogen-bond acceptors (Lipinski definition) is 4. The number of hydrogen-bond donors (Lipinski definition) is 1. The van der Waals surface area contributed by atoms with Gasteiger partial charge in [-0.05, 0) is 34.5 Å². The largest absolute Gasteiger partial charge is 0.395 e. The molecule has 2 heterocycles. The Balaban J connectivity index is 2.00. The molecule has 0 radical (unpaired) electrons. The zero-order valence-electron chi connectivity index (χ0n) is 10.1. The Bertz CT molecular complexity index is 378. The first-order valence-electron chi connectivity index (χ1n) is 5.91. The van der Waals surface area contributed by atoms with Crippen LogP contribution < -0.4 is 4.90 Å². The molecule has 1 fully saturated rings. The van der Waals surface area contributed by atoms with Crippen molar-refractivity contribution in [1.82, 2.24) is 9.88 Å². The Morgan fingerprint density at radius 1 is 1.35 bits per heavy atom.